The Balaban J connectivity index is 1.12. The first-order chi connectivity index (χ1) is 19.9. The van der Waals surface area contributed by atoms with E-state index in [1.165, 1.54) is 0 Å². The number of anilines is 2. The van der Waals surface area contributed by atoms with Gasteiger partial charge in [-0.2, -0.15) is 0 Å². The van der Waals surface area contributed by atoms with Gasteiger partial charge in [0.25, 0.3) is 11.8 Å². The standard InChI is InChI=1S/C33H36N4O4/c1-36(29-13-6-14-29)32(40)25-10-5-12-28(21-25)34-30(38)20-23-15-17-27(18-16-23)35-31(39)26-11-7-19-37(22-26)33(41)24-8-3-2-4-9-24/h2-5,8-10,12,15-18,21,26,29H,6-7,11,13-14,19-20,22H2,1H3,(H,34,38)(H,35,39). The highest BCUT2D eigenvalue weighted by atomic mass is 16.2. The van der Waals surface area contributed by atoms with Crippen molar-refractivity contribution in [2.45, 2.75) is 44.6 Å². The molecule has 2 fully saturated rings. The predicted octanol–water partition coefficient (Wildman–Crippen LogP) is 4.98. The summed E-state index contributed by atoms with van der Waals surface area (Å²) < 4.78 is 0. The average molecular weight is 553 g/mol. The van der Waals surface area contributed by atoms with E-state index < -0.39 is 0 Å². The van der Waals surface area contributed by atoms with Crippen molar-refractivity contribution in [3.63, 3.8) is 0 Å². The van der Waals surface area contributed by atoms with Gasteiger partial charge in [-0.15, -0.1) is 0 Å². The Hall–Kier alpha value is -4.46. The number of benzene rings is 3. The maximum atomic E-state index is 13.0. The van der Waals surface area contributed by atoms with Crippen molar-refractivity contribution in [2.24, 2.45) is 5.92 Å². The second kappa shape index (κ2) is 12.8. The van der Waals surface area contributed by atoms with Crippen LogP contribution in [0.2, 0.25) is 0 Å². The zero-order valence-electron chi connectivity index (χ0n) is 23.3. The number of rotatable bonds is 8. The summed E-state index contributed by atoms with van der Waals surface area (Å²) in [6.07, 6.45) is 4.90. The molecule has 1 aliphatic heterocycles. The molecular formula is C33H36N4O4. The molecule has 8 heteroatoms. The van der Waals surface area contributed by atoms with Crippen LogP contribution in [0.25, 0.3) is 0 Å². The van der Waals surface area contributed by atoms with Crippen LogP contribution in [0.1, 0.15) is 58.4 Å². The Labute approximate surface area is 240 Å². The van der Waals surface area contributed by atoms with Gasteiger partial charge in [-0.25, -0.2) is 0 Å². The van der Waals surface area contributed by atoms with E-state index in [0.717, 1.165) is 37.7 Å². The van der Waals surface area contributed by atoms with Crippen LogP contribution in [0, 0.1) is 5.92 Å². The number of amides is 4. The van der Waals surface area contributed by atoms with Gasteiger partial charge < -0.3 is 20.4 Å². The normalized spacial score (nSPS) is 16.8. The van der Waals surface area contributed by atoms with E-state index in [1.807, 2.05) is 37.4 Å². The minimum absolute atomic E-state index is 0.0350. The summed E-state index contributed by atoms with van der Waals surface area (Å²) in [6.45, 7) is 1.04. The van der Waals surface area contributed by atoms with Crippen molar-refractivity contribution >= 4 is 35.0 Å². The molecule has 1 aliphatic carbocycles. The predicted molar refractivity (Wildman–Crippen MR) is 159 cm³/mol. The van der Waals surface area contributed by atoms with Crippen molar-refractivity contribution in [1.29, 1.82) is 0 Å². The van der Waals surface area contributed by atoms with Gasteiger partial charge in [-0.1, -0.05) is 36.4 Å². The van der Waals surface area contributed by atoms with E-state index in [9.17, 15) is 19.2 Å². The van der Waals surface area contributed by atoms with Crippen molar-refractivity contribution in [2.75, 3.05) is 30.8 Å². The number of likely N-dealkylation sites (tertiary alicyclic amines) is 1. The van der Waals surface area contributed by atoms with Gasteiger partial charge in [-0.3, -0.25) is 19.2 Å². The fraction of sp³-hybridized carbons (Fsp3) is 0.333. The Morgan fingerprint density at radius 1 is 0.805 bits per heavy atom. The first-order valence-corrected chi connectivity index (χ1v) is 14.3. The summed E-state index contributed by atoms with van der Waals surface area (Å²) in [5.41, 5.74) is 3.22. The number of nitrogens with zero attached hydrogens (tertiary/aromatic N) is 2. The molecule has 1 saturated heterocycles. The molecule has 8 nitrogen and oxygen atoms in total. The Bertz CT molecular complexity index is 1400. The number of piperidine rings is 1. The van der Waals surface area contributed by atoms with E-state index in [1.54, 1.807) is 58.3 Å². The van der Waals surface area contributed by atoms with Gasteiger partial charge >= 0.3 is 0 Å². The summed E-state index contributed by atoms with van der Waals surface area (Å²) in [5, 5.41) is 5.85. The van der Waals surface area contributed by atoms with E-state index in [4.69, 9.17) is 0 Å². The molecule has 3 aromatic rings. The minimum atomic E-state index is -0.280. The van der Waals surface area contributed by atoms with Crippen LogP contribution in [0.5, 0.6) is 0 Å². The molecule has 0 aromatic heterocycles. The second-order valence-electron chi connectivity index (χ2n) is 10.9. The number of hydrogen-bond donors (Lipinski definition) is 2. The number of hydrogen-bond acceptors (Lipinski definition) is 4. The number of carbonyl (C=O) groups excluding carboxylic acids is 4. The molecule has 41 heavy (non-hydrogen) atoms. The summed E-state index contributed by atoms with van der Waals surface area (Å²) >= 11 is 0. The minimum Gasteiger partial charge on any atom is -0.339 e. The highest BCUT2D eigenvalue weighted by Gasteiger charge is 2.29. The quantitative estimate of drug-likeness (QED) is 0.412. The highest BCUT2D eigenvalue weighted by Crippen LogP contribution is 2.25. The van der Waals surface area contributed by atoms with Gasteiger partial charge in [0.2, 0.25) is 11.8 Å². The molecule has 1 unspecified atom stereocenters. The monoisotopic (exact) mass is 552 g/mol. The zero-order chi connectivity index (χ0) is 28.8. The third-order valence-corrected chi connectivity index (χ3v) is 8.02. The molecule has 5 rings (SSSR count). The molecule has 2 aliphatic rings. The molecule has 2 N–H and O–H groups in total. The van der Waals surface area contributed by atoms with E-state index >= 15 is 0 Å². The van der Waals surface area contributed by atoms with E-state index in [2.05, 4.69) is 10.6 Å². The van der Waals surface area contributed by atoms with Crippen LogP contribution in [-0.2, 0) is 16.0 Å². The van der Waals surface area contributed by atoms with Crippen molar-refractivity contribution < 1.29 is 19.2 Å². The summed E-state index contributed by atoms with van der Waals surface area (Å²) in [6, 6.07) is 23.7. The van der Waals surface area contributed by atoms with Crippen molar-refractivity contribution in [3.05, 3.63) is 95.6 Å². The number of carbonyl (C=O) groups is 4. The maximum absolute atomic E-state index is 13.0. The lowest BCUT2D eigenvalue weighted by Crippen LogP contribution is -2.43. The fourth-order valence-electron chi connectivity index (χ4n) is 5.35. The molecule has 1 heterocycles. The summed E-state index contributed by atoms with van der Waals surface area (Å²) in [5.74, 6) is -0.669. The van der Waals surface area contributed by atoms with Crippen LogP contribution in [0.3, 0.4) is 0 Å². The van der Waals surface area contributed by atoms with Crippen molar-refractivity contribution in [3.8, 4) is 0 Å². The van der Waals surface area contributed by atoms with Gasteiger partial charge in [0.1, 0.15) is 0 Å². The topological polar surface area (TPSA) is 98.8 Å². The van der Waals surface area contributed by atoms with E-state index in [0.29, 0.717) is 41.6 Å². The van der Waals surface area contributed by atoms with Crippen LogP contribution in [-0.4, -0.2) is 59.6 Å². The smallest absolute Gasteiger partial charge is 0.253 e. The first-order valence-electron chi connectivity index (χ1n) is 14.3. The molecule has 4 amide bonds. The first kappa shape index (κ1) is 28.1. The SMILES string of the molecule is CN(C(=O)c1cccc(NC(=O)Cc2ccc(NC(=O)C3CCCN(C(=O)c4ccccc4)C3)cc2)c1)C1CCC1. The van der Waals surface area contributed by atoms with Gasteiger partial charge in [-0.05, 0) is 80.1 Å². The molecule has 3 aromatic carbocycles. The molecule has 0 radical (unpaired) electrons. The molecule has 212 valence electrons. The molecule has 0 spiro atoms. The lowest BCUT2D eigenvalue weighted by atomic mass is 9.91. The second-order valence-corrected chi connectivity index (χ2v) is 10.9. The number of nitrogens with one attached hydrogen (secondary N) is 2. The lowest BCUT2D eigenvalue weighted by Gasteiger charge is -2.34. The van der Waals surface area contributed by atoms with E-state index in [-0.39, 0.29) is 36.0 Å². The Morgan fingerprint density at radius 3 is 2.24 bits per heavy atom. The maximum Gasteiger partial charge on any atom is 0.253 e. The lowest BCUT2D eigenvalue weighted by molar-refractivity contribution is -0.121. The summed E-state index contributed by atoms with van der Waals surface area (Å²) in [4.78, 5) is 54.8. The third-order valence-electron chi connectivity index (χ3n) is 8.02. The van der Waals surface area contributed by atoms with Gasteiger partial charge in [0.15, 0.2) is 0 Å². The van der Waals surface area contributed by atoms with Gasteiger partial charge in [0.05, 0.1) is 12.3 Å². The van der Waals surface area contributed by atoms with Crippen LogP contribution >= 0.6 is 0 Å². The van der Waals surface area contributed by atoms with Crippen molar-refractivity contribution in [1.82, 2.24) is 9.80 Å². The Morgan fingerprint density at radius 2 is 1.54 bits per heavy atom. The van der Waals surface area contributed by atoms with Crippen LogP contribution in [0.15, 0.2) is 78.9 Å². The largest absolute Gasteiger partial charge is 0.339 e. The highest BCUT2D eigenvalue weighted by molar-refractivity contribution is 5.98. The average Bonchev–Trinajstić information content (AvgIpc) is 2.97. The summed E-state index contributed by atoms with van der Waals surface area (Å²) in [7, 11) is 1.83. The molecular weight excluding hydrogens is 516 g/mol. The van der Waals surface area contributed by atoms with Gasteiger partial charge in [0, 0.05) is 48.7 Å². The fourth-order valence-corrected chi connectivity index (χ4v) is 5.35. The molecule has 1 saturated carbocycles. The zero-order valence-corrected chi connectivity index (χ0v) is 23.3. The Kier molecular flexibility index (Phi) is 8.77. The molecule has 0 bridgehead atoms. The molecule has 1 atom stereocenters. The van der Waals surface area contributed by atoms with Crippen LogP contribution in [0.4, 0.5) is 11.4 Å². The third kappa shape index (κ3) is 7.01. The van der Waals surface area contributed by atoms with Crippen LogP contribution < -0.4 is 10.6 Å².